The van der Waals surface area contributed by atoms with Crippen molar-refractivity contribution < 1.29 is 14.4 Å². The summed E-state index contributed by atoms with van der Waals surface area (Å²) < 4.78 is 0. The Balaban J connectivity index is 1.57. The summed E-state index contributed by atoms with van der Waals surface area (Å²) in [5.74, 6) is 0.195. The Kier molecular flexibility index (Phi) is 4.97. The molecule has 122 valence electrons. The van der Waals surface area contributed by atoms with E-state index in [1.807, 2.05) is 24.3 Å². The summed E-state index contributed by atoms with van der Waals surface area (Å²) >= 11 is 1.04. The van der Waals surface area contributed by atoms with Gasteiger partial charge in [-0.05, 0) is 43.6 Å². The number of nitrogens with one attached hydrogen (secondary N) is 2. The Morgan fingerprint density at radius 2 is 1.91 bits per heavy atom. The quantitative estimate of drug-likeness (QED) is 0.879. The first-order valence-corrected chi connectivity index (χ1v) is 8.69. The minimum atomic E-state index is -0.196. The van der Waals surface area contributed by atoms with Crippen molar-refractivity contribution in [2.24, 2.45) is 5.92 Å². The maximum absolute atomic E-state index is 12.2. The fraction of sp³-hybridized carbons (Fsp3) is 0.438. The molecule has 2 N–H and O–H groups in total. The number of anilines is 1. The second-order valence-corrected chi connectivity index (χ2v) is 6.67. The Hall–Kier alpha value is -1.86. The van der Waals surface area contributed by atoms with Crippen molar-refractivity contribution in [3.05, 3.63) is 29.8 Å². The van der Waals surface area contributed by atoms with Gasteiger partial charge in [0.25, 0.3) is 5.24 Å². The van der Waals surface area contributed by atoms with Gasteiger partial charge in [0.1, 0.15) is 0 Å². The van der Waals surface area contributed by atoms with Crippen molar-refractivity contribution in [1.82, 2.24) is 10.2 Å². The molecular weight excluding hydrogens is 314 g/mol. The summed E-state index contributed by atoms with van der Waals surface area (Å²) in [5, 5.41) is 5.98. The van der Waals surface area contributed by atoms with E-state index >= 15 is 0 Å². The fourth-order valence-electron chi connectivity index (χ4n) is 2.74. The topological polar surface area (TPSA) is 78.5 Å². The largest absolute Gasteiger partial charge is 0.326 e. The lowest BCUT2D eigenvalue weighted by Crippen LogP contribution is -2.34. The van der Waals surface area contributed by atoms with Crippen LogP contribution in [-0.4, -0.2) is 40.8 Å². The summed E-state index contributed by atoms with van der Waals surface area (Å²) in [6.07, 6.45) is 1.72. The zero-order valence-electron chi connectivity index (χ0n) is 12.7. The van der Waals surface area contributed by atoms with Gasteiger partial charge in [-0.15, -0.1) is 0 Å². The molecule has 6 nitrogen and oxygen atoms in total. The molecule has 0 saturated carbocycles. The van der Waals surface area contributed by atoms with E-state index in [0.717, 1.165) is 48.9 Å². The minimum Gasteiger partial charge on any atom is -0.326 e. The van der Waals surface area contributed by atoms with Crippen molar-refractivity contribution >= 4 is 34.5 Å². The van der Waals surface area contributed by atoms with Crippen molar-refractivity contribution in [3.8, 4) is 0 Å². The summed E-state index contributed by atoms with van der Waals surface area (Å²) in [4.78, 5) is 36.6. The van der Waals surface area contributed by atoms with Gasteiger partial charge in [-0.2, -0.15) is 0 Å². The van der Waals surface area contributed by atoms with Gasteiger partial charge in [0.15, 0.2) is 0 Å². The van der Waals surface area contributed by atoms with Crippen LogP contribution in [0.3, 0.4) is 0 Å². The van der Waals surface area contributed by atoms with E-state index in [0.29, 0.717) is 0 Å². The van der Waals surface area contributed by atoms with E-state index in [4.69, 9.17) is 0 Å². The average Bonchev–Trinajstić information content (AvgIpc) is 2.89. The number of benzene rings is 1. The first-order chi connectivity index (χ1) is 11.1. The van der Waals surface area contributed by atoms with E-state index in [1.165, 1.54) is 4.90 Å². The Morgan fingerprint density at radius 3 is 2.52 bits per heavy atom. The number of nitrogens with zero attached hydrogens (tertiary/aromatic N) is 1. The van der Waals surface area contributed by atoms with Gasteiger partial charge in [-0.1, -0.05) is 23.9 Å². The number of thioether (sulfide) groups is 1. The molecule has 7 heteroatoms. The molecule has 2 aliphatic heterocycles. The highest BCUT2D eigenvalue weighted by Gasteiger charge is 2.29. The molecule has 0 aromatic heterocycles. The van der Waals surface area contributed by atoms with Crippen LogP contribution in [0.5, 0.6) is 0 Å². The molecule has 2 aliphatic rings. The van der Waals surface area contributed by atoms with Crippen molar-refractivity contribution in [2.45, 2.75) is 19.4 Å². The van der Waals surface area contributed by atoms with Crippen LogP contribution >= 0.6 is 11.8 Å². The first kappa shape index (κ1) is 16.0. The van der Waals surface area contributed by atoms with Crippen molar-refractivity contribution in [3.63, 3.8) is 0 Å². The molecule has 2 heterocycles. The van der Waals surface area contributed by atoms with Crippen molar-refractivity contribution in [1.29, 1.82) is 0 Å². The molecule has 0 atom stereocenters. The highest BCUT2D eigenvalue weighted by atomic mass is 32.2. The zero-order valence-corrected chi connectivity index (χ0v) is 13.5. The van der Waals surface area contributed by atoms with Gasteiger partial charge in [0.05, 0.1) is 12.3 Å². The maximum Gasteiger partial charge on any atom is 0.289 e. The van der Waals surface area contributed by atoms with Crippen molar-refractivity contribution in [2.75, 3.05) is 24.2 Å². The summed E-state index contributed by atoms with van der Waals surface area (Å²) in [6, 6.07) is 7.29. The minimum absolute atomic E-state index is 0.0561. The van der Waals surface area contributed by atoms with Gasteiger partial charge < -0.3 is 10.6 Å². The molecule has 2 saturated heterocycles. The number of hydrogen-bond donors (Lipinski definition) is 2. The third-order valence-electron chi connectivity index (χ3n) is 4.11. The van der Waals surface area contributed by atoms with Gasteiger partial charge in [-0.3, -0.25) is 19.3 Å². The summed E-state index contributed by atoms with van der Waals surface area (Å²) in [7, 11) is 0. The maximum atomic E-state index is 12.2. The molecule has 3 amide bonds. The average molecular weight is 333 g/mol. The third kappa shape index (κ3) is 3.92. The van der Waals surface area contributed by atoms with Gasteiger partial charge in [-0.25, -0.2) is 0 Å². The molecule has 3 rings (SSSR count). The SMILES string of the molecule is O=C(Nc1ccc(CN2C(=O)CSC2=O)cc1)C1CCNCC1. The van der Waals surface area contributed by atoms with Crippen LogP contribution in [0, 0.1) is 5.92 Å². The van der Waals surface area contributed by atoms with Gasteiger partial charge >= 0.3 is 0 Å². The number of amides is 3. The molecule has 1 aromatic rings. The lowest BCUT2D eigenvalue weighted by molar-refractivity contribution is -0.125. The van der Waals surface area contributed by atoms with Crippen LogP contribution < -0.4 is 10.6 Å². The number of imide groups is 1. The van der Waals surface area contributed by atoms with E-state index in [-0.39, 0.29) is 35.3 Å². The second-order valence-electron chi connectivity index (χ2n) is 5.74. The lowest BCUT2D eigenvalue weighted by Gasteiger charge is -2.21. The molecular formula is C16H19N3O3S. The van der Waals surface area contributed by atoms with Gasteiger partial charge in [0, 0.05) is 11.6 Å². The first-order valence-electron chi connectivity index (χ1n) is 7.71. The van der Waals surface area contributed by atoms with Gasteiger partial charge in [0.2, 0.25) is 11.8 Å². The predicted octanol–water partition coefficient (Wildman–Crippen LogP) is 1.82. The molecule has 2 fully saturated rings. The van der Waals surface area contributed by atoms with E-state index < -0.39 is 0 Å². The lowest BCUT2D eigenvalue weighted by atomic mass is 9.97. The molecule has 23 heavy (non-hydrogen) atoms. The molecule has 0 radical (unpaired) electrons. The Morgan fingerprint density at radius 1 is 1.22 bits per heavy atom. The monoisotopic (exact) mass is 333 g/mol. The van der Waals surface area contributed by atoms with Crippen LogP contribution in [0.1, 0.15) is 18.4 Å². The summed E-state index contributed by atoms with van der Waals surface area (Å²) in [5.41, 5.74) is 1.61. The van der Waals surface area contributed by atoms with Crippen LogP contribution in [-0.2, 0) is 16.1 Å². The molecule has 0 unspecified atom stereocenters. The van der Waals surface area contributed by atoms with Crippen LogP contribution in [0.15, 0.2) is 24.3 Å². The fourth-order valence-corrected chi connectivity index (χ4v) is 3.46. The highest BCUT2D eigenvalue weighted by Crippen LogP contribution is 2.22. The van der Waals surface area contributed by atoms with E-state index in [2.05, 4.69) is 10.6 Å². The Labute approximate surface area is 139 Å². The second kappa shape index (κ2) is 7.14. The molecule has 0 bridgehead atoms. The molecule has 0 spiro atoms. The molecule has 0 aliphatic carbocycles. The smallest absolute Gasteiger partial charge is 0.289 e. The highest BCUT2D eigenvalue weighted by molar-refractivity contribution is 8.14. The van der Waals surface area contributed by atoms with Crippen LogP contribution in [0.2, 0.25) is 0 Å². The molecule has 1 aromatic carbocycles. The standard InChI is InChI=1S/C16H19N3O3S/c20-14-10-23-16(22)19(14)9-11-1-3-13(4-2-11)18-15(21)12-5-7-17-8-6-12/h1-4,12,17H,5-10H2,(H,18,21). The van der Waals surface area contributed by atoms with Crippen LogP contribution in [0.4, 0.5) is 10.5 Å². The number of carbonyl (C=O) groups excluding carboxylic acids is 3. The van der Waals surface area contributed by atoms with Crippen LogP contribution in [0.25, 0.3) is 0 Å². The number of carbonyl (C=O) groups is 3. The zero-order chi connectivity index (χ0) is 16.2. The number of hydrogen-bond acceptors (Lipinski definition) is 5. The normalized spacial score (nSPS) is 19.2. The van der Waals surface area contributed by atoms with E-state index in [9.17, 15) is 14.4 Å². The number of rotatable bonds is 4. The predicted molar refractivity (Wildman–Crippen MR) is 89.1 cm³/mol. The van der Waals surface area contributed by atoms with E-state index in [1.54, 1.807) is 0 Å². The number of piperidine rings is 1. The third-order valence-corrected chi connectivity index (χ3v) is 4.97. The summed E-state index contributed by atoms with van der Waals surface area (Å²) in [6.45, 7) is 2.05. The Bertz CT molecular complexity index is 596.